The second-order valence-electron chi connectivity index (χ2n) is 4.16. The predicted molar refractivity (Wildman–Crippen MR) is 73.4 cm³/mol. The fourth-order valence-electron chi connectivity index (χ4n) is 1.74. The quantitative estimate of drug-likeness (QED) is 0.391. The van der Waals surface area contributed by atoms with Crippen molar-refractivity contribution in [2.45, 2.75) is 0 Å². The molecule has 0 unspecified atom stereocenters. The van der Waals surface area contributed by atoms with Crippen molar-refractivity contribution < 1.29 is 25.2 Å². The van der Waals surface area contributed by atoms with Crippen LogP contribution in [0.1, 0.15) is 11.1 Å². The van der Waals surface area contributed by atoms with Gasteiger partial charge >= 0.3 is 5.97 Å². The first-order valence-electron chi connectivity index (χ1n) is 5.74. The van der Waals surface area contributed by atoms with E-state index in [1.165, 1.54) is 30.3 Å². The smallest absolute Gasteiger partial charge is 0.336 e. The number of aliphatic carboxylic acids is 1. The number of carboxylic acid groups (broad SMARTS) is 1. The Morgan fingerprint density at radius 3 is 2.30 bits per heavy atom. The van der Waals surface area contributed by atoms with Crippen LogP contribution in [0.4, 0.5) is 0 Å². The second-order valence-corrected chi connectivity index (χ2v) is 4.16. The average Bonchev–Trinajstić information content (AvgIpc) is 2.39. The van der Waals surface area contributed by atoms with Gasteiger partial charge in [-0.1, -0.05) is 18.2 Å². The molecular formula is C15H12O5. The first-order chi connectivity index (χ1) is 9.47. The summed E-state index contributed by atoms with van der Waals surface area (Å²) in [5, 5.41) is 37.3. The molecule has 0 fully saturated rings. The number of rotatable bonds is 3. The standard InChI is InChI=1S/C15H12O5/c16-11-3-1-2-9(6-11)7-12(15(19)20)10-4-5-13(17)14(18)8-10/h1-8,16-18H,(H,19,20)/b12-7+. The van der Waals surface area contributed by atoms with E-state index in [9.17, 15) is 25.2 Å². The number of carbonyl (C=O) groups is 1. The van der Waals surface area contributed by atoms with Gasteiger partial charge < -0.3 is 20.4 Å². The number of aromatic hydroxyl groups is 3. The molecule has 2 rings (SSSR count). The summed E-state index contributed by atoms with van der Waals surface area (Å²) >= 11 is 0. The van der Waals surface area contributed by atoms with Gasteiger partial charge in [-0.2, -0.15) is 0 Å². The Balaban J connectivity index is 2.51. The zero-order valence-electron chi connectivity index (χ0n) is 10.3. The molecule has 0 bridgehead atoms. The van der Waals surface area contributed by atoms with E-state index in [1.54, 1.807) is 12.1 Å². The molecule has 0 amide bonds. The number of phenols is 3. The summed E-state index contributed by atoms with van der Waals surface area (Å²) in [5.74, 6) is -1.88. The van der Waals surface area contributed by atoms with E-state index in [2.05, 4.69) is 0 Å². The highest BCUT2D eigenvalue weighted by atomic mass is 16.4. The van der Waals surface area contributed by atoms with E-state index in [-0.39, 0.29) is 22.6 Å². The molecule has 4 N–H and O–H groups in total. The van der Waals surface area contributed by atoms with Crippen molar-refractivity contribution in [1.29, 1.82) is 0 Å². The summed E-state index contributed by atoms with van der Waals surface area (Å²) < 4.78 is 0. The van der Waals surface area contributed by atoms with Crippen molar-refractivity contribution >= 4 is 17.6 Å². The molecule has 0 radical (unpaired) electrons. The maximum absolute atomic E-state index is 11.3. The Kier molecular flexibility index (Phi) is 3.61. The predicted octanol–water partition coefficient (Wildman–Crippen LogP) is 2.43. The number of carboxylic acids is 1. The molecule has 5 nitrogen and oxygen atoms in total. The minimum absolute atomic E-state index is 0.0250. The van der Waals surface area contributed by atoms with E-state index < -0.39 is 11.7 Å². The third-order valence-corrected chi connectivity index (χ3v) is 2.70. The molecule has 0 atom stereocenters. The largest absolute Gasteiger partial charge is 0.508 e. The van der Waals surface area contributed by atoms with Crippen LogP contribution in [0.2, 0.25) is 0 Å². The SMILES string of the molecule is O=C(O)/C(=C/c1cccc(O)c1)c1ccc(O)c(O)c1. The Morgan fingerprint density at radius 2 is 1.70 bits per heavy atom. The summed E-state index contributed by atoms with van der Waals surface area (Å²) in [6, 6.07) is 9.89. The summed E-state index contributed by atoms with van der Waals surface area (Å²) in [6.45, 7) is 0. The van der Waals surface area contributed by atoms with Gasteiger partial charge in [0.1, 0.15) is 5.75 Å². The van der Waals surface area contributed by atoms with Crippen LogP contribution in [-0.4, -0.2) is 26.4 Å². The van der Waals surface area contributed by atoms with Crippen LogP contribution in [-0.2, 0) is 4.79 Å². The first kappa shape index (κ1) is 13.5. The van der Waals surface area contributed by atoms with Gasteiger partial charge in [0.15, 0.2) is 11.5 Å². The maximum atomic E-state index is 11.3. The molecule has 0 heterocycles. The van der Waals surface area contributed by atoms with Crippen LogP contribution in [0, 0.1) is 0 Å². The Hall–Kier alpha value is -2.95. The summed E-state index contributed by atoms with van der Waals surface area (Å²) in [5.41, 5.74) is 0.692. The summed E-state index contributed by atoms with van der Waals surface area (Å²) in [4.78, 5) is 11.3. The molecule has 0 aliphatic heterocycles. The molecule has 0 spiro atoms. The molecule has 0 aliphatic rings. The van der Waals surface area contributed by atoms with Crippen molar-refractivity contribution in [3.05, 3.63) is 53.6 Å². The van der Waals surface area contributed by atoms with E-state index in [4.69, 9.17) is 0 Å². The fraction of sp³-hybridized carbons (Fsp3) is 0. The normalized spacial score (nSPS) is 11.3. The van der Waals surface area contributed by atoms with E-state index >= 15 is 0 Å². The highest BCUT2D eigenvalue weighted by Gasteiger charge is 2.12. The lowest BCUT2D eigenvalue weighted by molar-refractivity contribution is -0.130. The van der Waals surface area contributed by atoms with Crippen LogP contribution in [0.15, 0.2) is 42.5 Å². The van der Waals surface area contributed by atoms with Crippen molar-refractivity contribution in [2.24, 2.45) is 0 Å². The van der Waals surface area contributed by atoms with Gasteiger partial charge in [0.2, 0.25) is 0 Å². The highest BCUT2D eigenvalue weighted by Crippen LogP contribution is 2.29. The van der Waals surface area contributed by atoms with Crippen LogP contribution in [0.5, 0.6) is 17.2 Å². The Morgan fingerprint density at radius 1 is 0.950 bits per heavy atom. The topological polar surface area (TPSA) is 98.0 Å². The number of benzene rings is 2. The number of hydrogen-bond acceptors (Lipinski definition) is 4. The van der Waals surface area contributed by atoms with E-state index in [0.717, 1.165) is 6.07 Å². The highest BCUT2D eigenvalue weighted by molar-refractivity contribution is 6.20. The zero-order valence-corrected chi connectivity index (χ0v) is 10.3. The van der Waals surface area contributed by atoms with Gasteiger partial charge in [0.05, 0.1) is 5.57 Å². The lowest BCUT2D eigenvalue weighted by Crippen LogP contribution is -1.99. The van der Waals surface area contributed by atoms with Gasteiger partial charge in [-0.25, -0.2) is 4.79 Å². The number of phenolic OH excluding ortho intramolecular Hbond substituents is 3. The second kappa shape index (κ2) is 5.36. The van der Waals surface area contributed by atoms with Gasteiger partial charge in [0, 0.05) is 0 Å². The lowest BCUT2D eigenvalue weighted by Gasteiger charge is -2.05. The third-order valence-electron chi connectivity index (χ3n) is 2.70. The van der Waals surface area contributed by atoms with Gasteiger partial charge in [-0.05, 0) is 41.5 Å². The van der Waals surface area contributed by atoms with Crippen LogP contribution in [0.3, 0.4) is 0 Å². The molecule has 20 heavy (non-hydrogen) atoms. The molecule has 0 saturated carbocycles. The monoisotopic (exact) mass is 272 g/mol. The summed E-state index contributed by atoms with van der Waals surface area (Å²) in [7, 11) is 0. The minimum atomic E-state index is -1.18. The molecule has 2 aromatic carbocycles. The van der Waals surface area contributed by atoms with Crippen molar-refractivity contribution in [2.75, 3.05) is 0 Å². The molecule has 2 aromatic rings. The van der Waals surface area contributed by atoms with Crippen molar-refractivity contribution in [3.8, 4) is 17.2 Å². The molecular weight excluding hydrogens is 260 g/mol. The third kappa shape index (κ3) is 2.89. The van der Waals surface area contributed by atoms with Gasteiger partial charge in [-0.3, -0.25) is 0 Å². The van der Waals surface area contributed by atoms with Crippen molar-refractivity contribution in [1.82, 2.24) is 0 Å². The lowest BCUT2D eigenvalue weighted by atomic mass is 10.0. The molecule has 0 aliphatic carbocycles. The van der Waals surface area contributed by atoms with Crippen LogP contribution >= 0.6 is 0 Å². The van der Waals surface area contributed by atoms with E-state index in [1.807, 2.05) is 0 Å². The Bertz CT molecular complexity index is 688. The van der Waals surface area contributed by atoms with Gasteiger partial charge in [-0.15, -0.1) is 0 Å². The van der Waals surface area contributed by atoms with Crippen LogP contribution < -0.4 is 0 Å². The zero-order chi connectivity index (χ0) is 14.7. The average molecular weight is 272 g/mol. The van der Waals surface area contributed by atoms with Gasteiger partial charge in [0.25, 0.3) is 0 Å². The fourth-order valence-corrected chi connectivity index (χ4v) is 1.74. The number of hydrogen-bond donors (Lipinski definition) is 4. The Labute approximate surface area is 114 Å². The molecule has 5 heteroatoms. The molecule has 0 saturated heterocycles. The van der Waals surface area contributed by atoms with Crippen LogP contribution in [0.25, 0.3) is 11.6 Å². The van der Waals surface area contributed by atoms with E-state index in [0.29, 0.717) is 5.56 Å². The summed E-state index contributed by atoms with van der Waals surface area (Å²) in [6.07, 6.45) is 1.37. The first-order valence-corrected chi connectivity index (χ1v) is 5.74. The maximum Gasteiger partial charge on any atom is 0.336 e. The molecule has 0 aromatic heterocycles. The minimum Gasteiger partial charge on any atom is -0.508 e. The van der Waals surface area contributed by atoms with Crippen molar-refractivity contribution in [3.63, 3.8) is 0 Å². The molecule has 102 valence electrons.